The average Bonchev–Trinajstić information content (AvgIpc) is 2.54. The molecule has 2 fully saturated rings. The van der Waals surface area contributed by atoms with Gasteiger partial charge in [0.15, 0.2) is 0 Å². The fraction of sp³-hybridized carbons (Fsp3) is 0.562. The van der Waals surface area contributed by atoms with Crippen molar-refractivity contribution < 1.29 is 13.2 Å². The molecule has 1 amide bonds. The molecule has 1 aromatic carbocycles. The highest BCUT2D eigenvalue weighted by atomic mass is 35.5. The third-order valence-electron chi connectivity index (χ3n) is 4.66. The van der Waals surface area contributed by atoms with Crippen molar-refractivity contribution in [2.75, 3.05) is 31.1 Å². The molecule has 0 aromatic heterocycles. The second kappa shape index (κ2) is 8.04. The molecule has 3 rings (SSSR count). The summed E-state index contributed by atoms with van der Waals surface area (Å²) in [5, 5.41) is 3.98. The average molecular weight is 393 g/mol. The van der Waals surface area contributed by atoms with Crippen molar-refractivity contribution in [2.45, 2.75) is 18.9 Å². The van der Waals surface area contributed by atoms with Crippen molar-refractivity contribution in [3.8, 4) is 0 Å². The number of benzene rings is 1. The number of piperazine rings is 1. The van der Waals surface area contributed by atoms with Crippen LogP contribution in [0, 0.1) is 5.92 Å². The van der Waals surface area contributed by atoms with Gasteiger partial charge in [-0.05, 0) is 30.5 Å². The van der Waals surface area contributed by atoms with Gasteiger partial charge in [-0.25, -0.2) is 8.42 Å². The molecule has 5 nitrogen and oxygen atoms in total. The molecule has 1 atom stereocenters. The van der Waals surface area contributed by atoms with Gasteiger partial charge in [0, 0.05) is 30.6 Å². The molecular weight excluding hydrogens is 371 g/mol. The molecule has 0 aliphatic carbocycles. The normalized spacial score (nSPS) is 24.2. The van der Waals surface area contributed by atoms with Gasteiger partial charge in [-0.1, -0.05) is 23.7 Å². The van der Waals surface area contributed by atoms with Crippen molar-refractivity contribution in [3.05, 3.63) is 34.9 Å². The Balaban J connectivity index is 0.00000208. The Morgan fingerprint density at radius 3 is 2.62 bits per heavy atom. The Bertz CT molecular complexity index is 682. The summed E-state index contributed by atoms with van der Waals surface area (Å²) in [6.07, 6.45) is 0.876. The zero-order valence-electron chi connectivity index (χ0n) is 13.3. The zero-order valence-corrected chi connectivity index (χ0v) is 15.7. The van der Waals surface area contributed by atoms with E-state index >= 15 is 0 Å². The van der Waals surface area contributed by atoms with Crippen LogP contribution in [-0.4, -0.2) is 50.4 Å². The molecule has 0 radical (unpaired) electrons. The van der Waals surface area contributed by atoms with E-state index < -0.39 is 9.84 Å². The fourth-order valence-electron chi connectivity index (χ4n) is 3.35. The molecule has 2 heterocycles. The van der Waals surface area contributed by atoms with Gasteiger partial charge >= 0.3 is 0 Å². The molecule has 1 N–H and O–H groups in total. The lowest BCUT2D eigenvalue weighted by molar-refractivity contribution is -0.139. The highest BCUT2D eigenvalue weighted by Gasteiger charge is 2.35. The molecule has 134 valence electrons. The van der Waals surface area contributed by atoms with Crippen LogP contribution >= 0.6 is 24.0 Å². The van der Waals surface area contributed by atoms with E-state index in [2.05, 4.69) is 5.32 Å². The number of rotatable bonds is 2. The second-order valence-electron chi connectivity index (χ2n) is 6.23. The topological polar surface area (TPSA) is 66.5 Å². The lowest BCUT2D eigenvalue weighted by atomic mass is 9.97. The first-order chi connectivity index (χ1) is 11.0. The van der Waals surface area contributed by atoms with Gasteiger partial charge in [-0.15, -0.1) is 12.4 Å². The van der Waals surface area contributed by atoms with E-state index in [0.29, 0.717) is 31.0 Å². The van der Waals surface area contributed by atoms with Crippen LogP contribution < -0.4 is 5.32 Å². The van der Waals surface area contributed by atoms with Crippen molar-refractivity contribution in [3.63, 3.8) is 0 Å². The van der Waals surface area contributed by atoms with Gasteiger partial charge in [-0.2, -0.15) is 0 Å². The lowest BCUT2D eigenvalue weighted by Gasteiger charge is -2.39. The van der Waals surface area contributed by atoms with Gasteiger partial charge in [0.2, 0.25) is 5.91 Å². The van der Waals surface area contributed by atoms with E-state index in [0.717, 1.165) is 12.1 Å². The molecule has 2 saturated heterocycles. The maximum Gasteiger partial charge on any atom is 0.226 e. The summed E-state index contributed by atoms with van der Waals surface area (Å²) in [6.45, 7) is 2.09. The highest BCUT2D eigenvalue weighted by Crippen LogP contribution is 2.29. The van der Waals surface area contributed by atoms with Crippen molar-refractivity contribution >= 4 is 39.8 Å². The van der Waals surface area contributed by atoms with Gasteiger partial charge in [0.25, 0.3) is 0 Å². The Morgan fingerprint density at radius 1 is 1.25 bits per heavy atom. The third kappa shape index (κ3) is 4.42. The number of amides is 1. The van der Waals surface area contributed by atoms with E-state index in [4.69, 9.17) is 11.6 Å². The van der Waals surface area contributed by atoms with Crippen LogP contribution in [0.25, 0.3) is 0 Å². The van der Waals surface area contributed by atoms with Crippen LogP contribution in [0.2, 0.25) is 5.02 Å². The highest BCUT2D eigenvalue weighted by molar-refractivity contribution is 7.91. The summed E-state index contributed by atoms with van der Waals surface area (Å²) >= 11 is 6.08. The minimum Gasteiger partial charge on any atom is -0.333 e. The number of carbonyl (C=O) groups excluding carboxylic acids is 1. The smallest absolute Gasteiger partial charge is 0.226 e. The van der Waals surface area contributed by atoms with Gasteiger partial charge in [0.1, 0.15) is 9.84 Å². The van der Waals surface area contributed by atoms with Gasteiger partial charge in [0.05, 0.1) is 17.5 Å². The molecule has 0 saturated carbocycles. The number of nitrogens with zero attached hydrogens (tertiary/aromatic N) is 1. The van der Waals surface area contributed by atoms with Crippen LogP contribution in [0.15, 0.2) is 24.3 Å². The Hall–Kier alpha value is -0.820. The van der Waals surface area contributed by atoms with Crippen LogP contribution in [-0.2, 0) is 14.6 Å². The van der Waals surface area contributed by atoms with Crippen LogP contribution in [0.4, 0.5) is 0 Å². The predicted molar refractivity (Wildman–Crippen MR) is 97.4 cm³/mol. The van der Waals surface area contributed by atoms with Crippen molar-refractivity contribution in [2.24, 2.45) is 5.92 Å². The molecule has 1 aromatic rings. The van der Waals surface area contributed by atoms with E-state index in [1.807, 2.05) is 29.2 Å². The van der Waals surface area contributed by atoms with Gasteiger partial charge < -0.3 is 10.2 Å². The monoisotopic (exact) mass is 392 g/mol. The largest absolute Gasteiger partial charge is 0.333 e. The Morgan fingerprint density at radius 2 is 1.96 bits per heavy atom. The lowest BCUT2D eigenvalue weighted by Crippen LogP contribution is -2.51. The first-order valence-corrected chi connectivity index (χ1v) is 10.1. The first-order valence-electron chi connectivity index (χ1n) is 7.93. The summed E-state index contributed by atoms with van der Waals surface area (Å²) in [4.78, 5) is 14.8. The summed E-state index contributed by atoms with van der Waals surface area (Å²) < 4.78 is 23.1. The van der Waals surface area contributed by atoms with E-state index in [1.54, 1.807) is 0 Å². The molecular formula is C16H22Cl2N2O3S. The van der Waals surface area contributed by atoms with Crippen LogP contribution in [0.5, 0.6) is 0 Å². The number of sulfone groups is 1. The summed E-state index contributed by atoms with van der Waals surface area (Å²) in [6, 6.07) is 7.54. The summed E-state index contributed by atoms with van der Waals surface area (Å²) in [5.41, 5.74) is 1.02. The van der Waals surface area contributed by atoms with E-state index in [1.165, 1.54) is 0 Å². The number of hydrogen-bond acceptors (Lipinski definition) is 4. The maximum atomic E-state index is 12.9. The quantitative estimate of drug-likeness (QED) is 0.836. The Labute approximate surface area is 154 Å². The van der Waals surface area contributed by atoms with Crippen LogP contribution in [0.3, 0.4) is 0 Å². The summed E-state index contributed by atoms with van der Waals surface area (Å²) in [5.74, 6) is 0.138. The summed E-state index contributed by atoms with van der Waals surface area (Å²) in [7, 11) is -2.95. The predicted octanol–water partition coefficient (Wildman–Crippen LogP) is 2.06. The van der Waals surface area contributed by atoms with Crippen molar-refractivity contribution in [1.82, 2.24) is 10.2 Å². The molecule has 2 aliphatic rings. The molecule has 2 aliphatic heterocycles. The molecule has 24 heavy (non-hydrogen) atoms. The second-order valence-corrected chi connectivity index (χ2v) is 8.97. The minimum absolute atomic E-state index is 0. The standard InChI is InChI=1S/C16H21ClN2O3S.ClH/c17-14-3-1-2-13(10-14)15-11-18-6-7-19(15)16(20)12-4-8-23(21,22)9-5-12;/h1-3,10,12,15,18H,4-9,11H2;1H. The Kier molecular flexibility index (Phi) is 6.53. The van der Waals surface area contributed by atoms with E-state index in [9.17, 15) is 13.2 Å². The third-order valence-corrected chi connectivity index (χ3v) is 6.61. The maximum absolute atomic E-state index is 12.9. The van der Waals surface area contributed by atoms with Crippen molar-refractivity contribution in [1.29, 1.82) is 0 Å². The number of halogens is 2. The SMILES string of the molecule is Cl.O=C(C1CCS(=O)(=O)CC1)N1CCNCC1c1cccc(Cl)c1. The first kappa shape index (κ1) is 19.5. The number of hydrogen-bond donors (Lipinski definition) is 1. The number of carbonyl (C=O) groups is 1. The minimum atomic E-state index is -2.95. The molecule has 1 unspecified atom stereocenters. The van der Waals surface area contributed by atoms with E-state index in [-0.39, 0.29) is 41.8 Å². The van der Waals surface area contributed by atoms with Crippen LogP contribution in [0.1, 0.15) is 24.4 Å². The fourth-order valence-corrected chi connectivity index (χ4v) is 5.04. The molecule has 0 spiro atoms. The molecule has 0 bridgehead atoms. The van der Waals surface area contributed by atoms with Gasteiger partial charge in [-0.3, -0.25) is 4.79 Å². The molecule has 8 heteroatoms. The zero-order chi connectivity index (χ0) is 16.4. The number of nitrogens with one attached hydrogen (secondary N) is 1.